The zero-order chi connectivity index (χ0) is 14.7. The molecule has 1 aliphatic rings. The molecule has 1 aromatic carbocycles. The van der Waals surface area contributed by atoms with Crippen LogP contribution in [-0.2, 0) is 6.54 Å². The summed E-state index contributed by atoms with van der Waals surface area (Å²) in [7, 11) is 2.22. The Bertz CT molecular complexity index is 539. The molecule has 3 nitrogen and oxygen atoms in total. The molecule has 2 heterocycles. The SMILES string of the molecule is Cc1ccc(N2CCC(N(C)Cc3ccoc3)CC2)cc1. The molecule has 0 bridgehead atoms. The highest BCUT2D eigenvalue weighted by molar-refractivity contribution is 5.47. The zero-order valence-electron chi connectivity index (χ0n) is 13.0. The van der Waals surface area contributed by atoms with Crippen LogP contribution >= 0.6 is 0 Å². The highest BCUT2D eigenvalue weighted by atomic mass is 16.3. The molecule has 3 heteroatoms. The minimum Gasteiger partial charge on any atom is -0.472 e. The van der Waals surface area contributed by atoms with Crippen molar-refractivity contribution in [2.75, 3.05) is 25.0 Å². The monoisotopic (exact) mass is 284 g/mol. The van der Waals surface area contributed by atoms with Crippen LogP contribution in [0.1, 0.15) is 24.0 Å². The van der Waals surface area contributed by atoms with E-state index < -0.39 is 0 Å². The third-order valence-electron chi connectivity index (χ3n) is 4.50. The first-order valence-electron chi connectivity index (χ1n) is 7.75. The summed E-state index contributed by atoms with van der Waals surface area (Å²) >= 11 is 0. The molecule has 0 atom stereocenters. The molecule has 0 spiro atoms. The normalized spacial score (nSPS) is 16.6. The molecule has 112 valence electrons. The molecular formula is C18H24N2O. The smallest absolute Gasteiger partial charge is 0.0947 e. The third kappa shape index (κ3) is 3.48. The van der Waals surface area contributed by atoms with E-state index in [0.29, 0.717) is 6.04 Å². The van der Waals surface area contributed by atoms with E-state index >= 15 is 0 Å². The van der Waals surface area contributed by atoms with Crippen LogP contribution in [0.2, 0.25) is 0 Å². The van der Waals surface area contributed by atoms with E-state index in [-0.39, 0.29) is 0 Å². The topological polar surface area (TPSA) is 19.6 Å². The van der Waals surface area contributed by atoms with Crippen molar-refractivity contribution in [3.63, 3.8) is 0 Å². The second-order valence-electron chi connectivity index (χ2n) is 6.10. The lowest BCUT2D eigenvalue weighted by atomic mass is 10.0. The lowest BCUT2D eigenvalue weighted by Crippen LogP contribution is -2.43. The summed E-state index contributed by atoms with van der Waals surface area (Å²) in [4.78, 5) is 4.96. The molecule has 0 amide bonds. The van der Waals surface area contributed by atoms with Gasteiger partial charge in [0.25, 0.3) is 0 Å². The van der Waals surface area contributed by atoms with Gasteiger partial charge in [-0.3, -0.25) is 4.90 Å². The predicted molar refractivity (Wildman–Crippen MR) is 86.6 cm³/mol. The molecule has 1 aliphatic heterocycles. The van der Waals surface area contributed by atoms with Crippen LogP contribution in [-0.4, -0.2) is 31.1 Å². The summed E-state index contributed by atoms with van der Waals surface area (Å²) in [5.74, 6) is 0. The lowest BCUT2D eigenvalue weighted by molar-refractivity contribution is 0.200. The fraction of sp³-hybridized carbons (Fsp3) is 0.444. The number of aryl methyl sites for hydroxylation is 1. The number of anilines is 1. The van der Waals surface area contributed by atoms with Gasteiger partial charge in [0.15, 0.2) is 0 Å². The summed E-state index contributed by atoms with van der Waals surface area (Å²) in [6, 6.07) is 11.6. The molecule has 0 N–H and O–H groups in total. The number of hydrogen-bond acceptors (Lipinski definition) is 3. The first kappa shape index (κ1) is 14.2. The van der Waals surface area contributed by atoms with Gasteiger partial charge in [-0.15, -0.1) is 0 Å². The molecule has 2 aromatic rings. The van der Waals surface area contributed by atoms with E-state index in [0.717, 1.165) is 19.6 Å². The van der Waals surface area contributed by atoms with Gasteiger partial charge < -0.3 is 9.32 Å². The van der Waals surface area contributed by atoms with Gasteiger partial charge >= 0.3 is 0 Å². The fourth-order valence-electron chi connectivity index (χ4n) is 3.12. The van der Waals surface area contributed by atoms with Crippen molar-refractivity contribution < 1.29 is 4.42 Å². The maximum absolute atomic E-state index is 5.15. The molecule has 1 fully saturated rings. The minimum atomic E-state index is 0.668. The highest BCUT2D eigenvalue weighted by Gasteiger charge is 2.22. The number of nitrogens with zero attached hydrogens (tertiary/aromatic N) is 2. The van der Waals surface area contributed by atoms with Crippen LogP contribution in [0.5, 0.6) is 0 Å². The summed E-state index contributed by atoms with van der Waals surface area (Å²) in [6.07, 6.45) is 6.05. The second-order valence-corrected chi connectivity index (χ2v) is 6.10. The van der Waals surface area contributed by atoms with Crippen molar-refractivity contribution >= 4 is 5.69 Å². The number of piperidine rings is 1. The molecular weight excluding hydrogens is 260 g/mol. The average molecular weight is 284 g/mol. The standard InChI is InChI=1S/C18H24N2O/c1-15-3-5-18(6-4-15)20-10-7-17(8-11-20)19(2)13-16-9-12-21-14-16/h3-6,9,12,14,17H,7-8,10-11,13H2,1-2H3. The summed E-state index contributed by atoms with van der Waals surface area (Å²) in [6.45, 7) is 5.40. The average Bonchev–Trinajstić information content (AvgIpc) is 3.01. The van der Waals surface area contributed by atoms with Crippen LogP contribution < -0.4 is 4.90 Å². The van der Waals surface area contributed by atoms with Crippen LogP contribution in [0.15, 0.2) is 47.3 Å². The Morgan fingerprint density at radius 2 is 1.86 bits per heavy atom. The highest BCUT2D eigenvalue weighted by Crippen LogP contribution is 2.23. The molecule has 21 heavy (non-hydrogen) atoms. The Hall–Kier alpha value is -1.74. The Morgan fingerprint density at radius 3 is 2.48 bits per heavy atom. The number of rotatable bonds is 4. The second kappa shape index (κ2) is 6.35. The minimum absolute atomic E-state index is 0.668. The van der Waals surface area contributed by atoms with E-state index in [1.54, 1.807) is 6.26 Å². The van der Waals surface area contributed by atoms with Crippen LogP contribution in [0.25, 0.3) is 0 Å². The summed E-state index contributed by atoms with van der Waals surface area (Å²) in [5, 5.41) is 0. The van der Waals surface area contributed by atoms with Crippen LogP contribution in [0.4, 0.5) is 5.69 Å². The van der Waals surface area contributed by atoms with E-state index in [2.05, 4.69) is 54.1 Å². The van der Waals surface area contributed by atoms with Gasteiger partial charge in [0.1, 0.15) is 0 Å². The molecule has 0 radical (unpaired) electrons. The van der Waals surface area contributed by atoms with Gasteiger partial charge in [0, 0.05) is 36.9 Å². The van der Waals surface area contributed by atoms with Gasteiger partial charge in [-0.1, -0.05) is 17.7 Å². The van der Waals surface area contributed by atoms with Gasteiger partial charge in [-0.25, -0.2) is 0 Å². The molecule has 1 aromatic heterocycles. The molecule has 3 rings (SSSR count). The van der Waals surface area contributed by atoms with Gasteiger partial charge in [-0.05, 0) is 45.0 Å². The predicted octanol–water partition coefficient (Wildman–Crippen LogP) is 3.69. The molecule has 0 saturated carbocycles. The van der Waals surface area contributed by atoms with Crippen LogP contribution in [0.3, 0.4) is 0 Å². The Balaban J connectivity index is 1.53. The zero-order valence-corrected chi connectivity index (χ0v) is 13.0. The number of furan rings is 1. The summed E-state index contributed by atoms with van der Waals surface area (Å²) < 4.78 is 5.15. The number of hydrogen-bond donors (Lipinski definition) is 0. The van der Waals surface area contributed by atoms with Gasteiger partial charge in [-0.2, -0.15) is 0 Å². The first-order chi connectivity index (χ1) is 10.2. The third-order valence-corrected chi connectivity index (χ3v) is 4.50. The van der Waals surface area contributed by atoms with Crippen molar-refractivity contribution in [1.82, 2.24) is 4.90 Å². The van der Waals surface area contributed by atoms with Crippen molar-refractivity contribution in [2.45, 2.75) is 32.4 Å². The first-order valence-corrected chi connectivity index (χ1v) is 7.75. The van der Waals surface area contributed by atoms with Crippen molar-refractivity contribution in [2.24, 2.45) is 0 Å². The van der Waals surface area contributed by atoms with Crippen LogP contribution in [0, 0.1) is 6.92 Å². The van der Waals surface area contributed by atoms with E-state index in [4.69, 9.17) is 4.42 Å². The van der Waals surface area contributed by atoms with Gasteiger partial charge in [0.2, 0.25) is 0 Å². The molecule has 0 aliphatic carbocycles. The maximum Gasteiger partial charge on any atom is 0.0947 e. The van der Waals surface area contributed by atoms with E-state index in [1.165, 1.54) is 29.7 Å². The van der Waals surface area contributed by atoms with Crippen molar-refractivity contribution in [3.8, 4) is 0 Å². The molecule has 0 unspecified atom stereocenters. The Morgan fingerprint density at radius 1 is 1.14 bits per heavy atom. The quantitative estimate of drug-likeness (QED) is 0.853. The largest absolute Gasteiger partial charge is 0.472 e. The van der Waals surface area contributed by atoms with E-state index in [9.17, 15) is 0 Å². The summed E-state index contributed by atoms with van der Waals surface area (Å²) in [5.41, 5.74) is 3.95. The van der Waals surface area contributed by atoms with Crippen molar-refractivity contribution in [1.29, 1.82) is 0 Å². The Labute approximate surface area is 127 Å². The molecule has 1 saturated heterocycles. The van der Waals surface area contributed by atoms with Crippen molar-refractivity contribution in [3.05, 3.63) is 54.0 Å². The maximum atomic E-state index is 5.15. The fourth-order valence-corrected chi connectivity index (χ4v) is 3.12. The Kier molecular flexibility index (Phi) is 4.30. The van der Waals surface area contributed by atoms with E-state index in [1.807, 2.05) is 6.26 Å². The number of benzene rings is 1. The lowest BCUT2D eigenvalue weighted by Gasteiger charge is -2.37. The van der Waals surface area contributed by atoms with Gasteiger partial charge in [0.05, 0.1) is 12.5 Å².